The number of fused-ring (bicyclic) bond motifs is 4. The summed E-state index contributed by atoms with van der Waals surface area (Å²) in [6.45, 7) is 32.2. The van der Waals surface area contributed by atoms with Gasteiger partial charge >= 0.3 is 0 Å². The standard InChI is InChI=1S/C10H19N3O2.C6H13ClO2.C6H6N4O.2C6H8N4.C6H7N3.C6H16N2O2.C5H11NO2.C4H6N2/c1-4-14-10(15-5-2)7-13-9(11)6-8(3)12-13;1-3-8-6(5-7)9-4-2;1-4-5(9-11)6-7-2-3-10(6)8-4;2*1-4-5(7)6-8-2-3-10(6)9-4;1-5-4-6-7-2-3-9(6)8-5;1-3-9-6(5-8-7)10-4-2;1-5(2)3-4-8-6-7;1-4(6)2-3-5/h6,10H,4-5,7,11H2,1-3H3;6H,3-5H2,1-2H3;2-3,8H,1H3;2*2-3,9H,7H2,1H3;2-4,8H,1H3;6,8H,3-5,7H2,1-2H3;5H,3-4H2,1-2H3;2H,6H2,1H3/b;;;;;;;;4-2-. The largest absolute Gasteiger partial charge is 0.402 e. The van der Waals surface area contributed by atoms with Gasteiger partial charge < -0.3 is 56.2 Å². The molecule has 15 N–H and O–H groups in total. The van der Waals surface area contributed by atoms with Gasteiger partial charge in [-0.2, -0.15) is 10.4 Å². The van der Waals surface area contributed by atoms with Gasteiger partial charge in [0, 0.05) is 119 Å². The number of allylic oxidation sites excluding steroid dienone is 2. The Morgan fingerprint density at radius 2 is 1.14 bits per heavy atom. The van der Waals surface area contributed by atoms with E-state index < -0.39 is 0 Å². The van der Waals surface area contributed by atoms with Gasteiger partial charge in [-0.1, -0.05) is 13.8 Å². The van der Waals surface area contributed by atoms with Crippen LogP contribution in [-0.4, -0.2) is 146 Å². The quantitative estimate of drug-likeness (QED) is 0.00581. The third kappa shape index (κ3) is 29.3. The van der Waals surface area contributed by atoms with Crippen molar-refractivity contribution in [2.24, 2.45) is 28.0 Å². The van der Waals surface area contributed by atoms with Crippen molar-refractivity contribution in [1.29, 1.82) is 5.26 Å². The molecule has 0 aliphatic heterocycles. The van der Waals surface area contributed by atoms with Gasteiger partial charge in [0.05, 0.1) is 59.2 Å². The number of nitrogens with two attached hydrogens (primary N) is 5. The van der Waals surface area contributed by atoms with Crippen LogP contribution in [0.4, 0.5) is 22.9 Å². The first kappa shape index (κ1) is 77.6. The molecule has 88 heavy (non-hydrogen) atoms. The second-order valence-corrected chi connectivity index (χ2v) is 18.8. The Morgan fingerprint density at radius 1 is 0.682 bits per heavy atom. The molecule has 9 heterocycles. The van der Waals surface area contributed by atoms with Crippen LogP contribution in [0.25, 0.3) is 22.6 Å². The summed E-state index contributed by atoms with van der Waals surface area (Å²) in [5.74, 6) is 6.70. The lowest BCUT2D eigenvalue weighted by molar-refractivity contribution is -0.144. The number of aromatic nitrogens is 14. The fourth-order valence-corrected chi connectivity index (χ4v) is 7.14. The molecular weight excluding hydrogens is 1160 g/mol. The van der Waals surface area contributed by atoms with Crippen LogP contribution in [0, 0.1) is 61.7 Å². The molecule has 0 bridgehead atoms. The number of nitrogen functional groups attached to an aromatic ring is 3. The van der Waals surface area contributed by atoms with Gasteiger partial charge in [0.25, 0.3) is 0 Å². The number of nitriles is 1. The minimum Gasteiger partial charge on any atom is -0.402 e. The molecule has 0 atom stereocenters. The smallest absolute Gasteiger partial charge is 0.183 e. The molecule has 32 nitrogen and oxygen atoms in total. The molecule has 0 saturated carbocycles. The summed E-state index contributed by atoms with van der Waals surface area (Å²) < 4.78 is 40.1. The van der Waals surface area contributed by atoms with E-state index in [2.05, 4.69) is 80.1 Å². The maximum absolute atomic E-state index is 10.3. The molecule has 0 aliphatic rings. The van der Waals surface area contributed by atoms with E-state index in [9.17, 15) is 9.81 Å². The van der Waals surface area contributed by atoms with Crippen LogP contribution in [0.5, 0.6) is 0 Å². The van der Waals surface area contributed by atoms with Gasteiger partial charge in [0.1, 0.15) is 12.4 Å². The summed E-state index contributed by atoms with van der Waals surface area (Å²) >= 11 is 5.48. The van der Waals surface area contributed by atoms with E-state index in [1.54, 1.807) is 69.1 Å². The van der Waals surface area contributed by atoms with Crippen LogP contribution in [0.3, 0.4) is 0 Å². The van der Waals surface area contributed by atoms with E-state index in [0.29, 0.717) is 94.0 Å². The van der Waals surface area contributed by atoms with Crippen LogP contribution < -0.4 is 34.2 Å². The number of nitrogens with one attached hydrogen (secondary N) is 5. The number of alkyl halides is 1. The fraction of sp³-hybridized carbons (Fsp3) is 0.527. The first-order valence-corrected chi connectivity index (χ1v) is 28.8. The molecule has 0 amide bonds. The van der Waals surface area contributed by atoms with Crippen LogP contribution in [0.15, 0.2) is 84.0 Å². The van der Waals surface area contributed by atoms with E-state index in [-0.39, 0.29) is 18.9 Å². The highest BCUT2D eigenvalue weighted by molar-refractivity contribution is 6.18. The summed E-state index contributed by atoms with van der Waals surface area (Å²) in [6, 6.07) is 5.61. The average Bonchev–Trinajstić information content (AvgIpc) is 4.59. The lowest BCUT2D eigenvalue weighted by atomic mass is 10.1. The average molecular weight is 1260 g/mol. The van der Waals surface area contributed by atoms with Crippen molar-refractivity contribution in [2.45, 2.75) is 129 Å². The number of ether oxygens (including phenoxy) is 6. The molecule has 0 radical (unpaired) electrons. The third-order valence-electron chi connectivity index (χ3n) is 11.0. The van der Waals surface area contributed by atoms with Crippen LogP contribution in [0.1, 0.15) is 97.2 Å². The minimum atomic E-state index is -0.276. The van der Waals surface area contributed by atoms with Crippen molar-refractivity contribution in [3.8, 4) is 6.07 Å². The van der Waals surface area contributed by atoms with Crippen molar-refractivity contribution in [3.63, 3.8) is 0 Å². The number of nitroso groups, excluding NO2 is 1. The molecule has 0 aromatic carbocycles. The second-order valence-electron chi connectivity index (χ2n) is 18.5. The van der Waals surface area contributed by atoms with Crippen molar-refractivity contribution >= 4 is 57.1 Å². The van der Waals surface area contributed by atoms with Gasteiger partial charge in [-0.05, 0) is 101 Å². The number of hydrazine groups is 1. The monoisotopic (exact) mass is 1260 g/mol. The van der Waals surface area contributed by atoms with E-state index in [1.807, 2.05) is 104 Å². The van der Waals surface area contributed by atoms with Crippen molar-refractivity contribution < 1.29 is 33.3 Å². The van der Waals surface area contributed by atoms with Gasteiger partial charge in [0.15, 0.2) is 52.5 Å². The SMILES string of the molecule is C/C(N)=C/C#N.CC(C)CCON=O.CCOC(CCl)OCC.CCOC(CNN)OCC.CCOC(Cn1nc(C)cc1N)OCC.Cc1[nH]n2ccnc2c1N.Cc1[nH]n2ccnc2c1N.Cc1[nH]n2ccnc2c1N=O.Cc1cc2nccn2[nH]1. The van der Waals surface area contributed by atoms with E-state index in [4.69, 9.17) is 74.1 Å². The Morgan fingerprint density at radius 3 is 1.52 bits per heavy atom. The normalized spacial score (nSPS) is 10.7. The summed E-state index contributed by atoms with van der Waals surface area (Å²) in [4.78, 5) is 39.9. The lowest BCUT2D eigenvalue weighted by Crippen LogP contribution is -2.35. The Bertz CT molecular complexity index is 3170. The summed E-state index contributed by atoms with van der Waals surface area (Å²) in [5.41, 5.74) is 34.9. The van der Waals surface area contributed by atoms with Gasteiger partial charge in [-0.3, -0.25) is 31.7 Å². The molecule has 0 fully saturated rings. The second kappa shape index (κ2) is 45.0. The number of aromatic amines is 4. The van der Waals surface area contributed by atoms with Gasteiger partial charge in [-0.25, -0.2) is 42.7 Å². The molecule has 9 aromatic heterocycles. The van der Waals surface area contributed by atoms with Crippen LogP contribution >= 0.6 is 11.6 Å². The fourth-order valence-electron chi connectivity index (χ4n) is 6.96. The number of nitrogens with zero attached hydrogens (tertiary/aromatic N) is 13. The Labute approximate surface area is 517 Å². The molecule has 0 saturated heterocycles. The molecule has 9 aromatic rings. The lowest BCUT2D eigenvalue weighted by Gasteiger charge is -2.17. The number of aryl methyl sites for hydroxylation is 5. The highest BCUT2D eigenvalue weighted by Crippen LogP contribution is 2.22. The first-order chi connectivity index (χ1) is 42.2. The molecule has 0 unspecified atom stereocenters. The number of hydrogen-bond donors (Lipinski definition) is 10. The summed E-state index contributed by atoms with van der Waals surface area (Å²) in [6.07, 6.45) is 15.6. The number of anilines is 3. The zero-order chi connectivity index (χ0) is 66.0. The topological polar surface area (TPSA) is 440 Å². The number of hydrogen-bond acceptors (Lipinski definition) is 23. The van der Waals surface area contributed by atoms with Gasteiger partial charge in [0.2, 0.25) is 0 Å². The molecule has 0 aliphatic carbocycles. The maximum atomic E-state index is 10.3. The number of halogens is 1. The molecular formula is C55H94ClN23O9. The Balaban J connectivity index is 0.000000499. The predicted molar refractivity (Wildman–Crippen MR) is 342 cm³/mol. The predicted octanol–water partition coefficient (Wildman–Crippen LogP) is 8.19. The van der Waals surface area contributed by atoms with Gasteiger partial charge in [-0.15, -0.1) is 21.4 Å². The summed E-state index contributed by atoms with van der Waals surface area (Å²) in [7, 11) is 0. The minimum absolute atomic E-state index is 0.208. The van der Waals surface area contributed by atoms with E-state index >= 15 is 0 Å². The highest BCUT2D eigenvalue weighted by Gasteiger charge is 2.13. The Hall–Kier alpha value is -8.39. The van der Waals surface area contributed by atoms with E-state index in [1.165, 1.54) is 6.08 Å². The Kier molecular flexibility index (Phi) is 39.7. The molecule has 33 heteroatoms. The van der Waals surface area contributed by atoms with Crippen molar-refractivity contribution in [1.82, 2.24) is 73.6 Å². The molecule has 0 spiro atoms. The highest BCUT2D eigenvalue weighted by atomic mass is 35.5. The number of imidazole rings is 4. The molecule has 9 rings (SSSR count). The first-order valence-electron chi connectivity index (χ1n) is 28.3. The molecule has 490 valence electrons. The zero-order valence-electron chi connectivity index (χ0n) is 53.2. The maximum Gasteiger partial charge on any atom is 0.183 e. The zero-order valence-corrected chi connectivity index (χ0v) is 53.9. The summed E-state index contributed by atoms with van der Waals surface area (Å²) in [5, 5.41) is 29.3. The number of rotatable bonds is 22. The van der Waals surface area contributed by atoms with Crippen LogP contribution in [-0.2, 0) is 39.8 Å². The van der Waals surface area contributed by atoms with Crippen LogP contribution in [0.2, 0.25) is 0 Å². The van der Waals surface area contributed by atoms with E-state index in [0.717, 1.165) is 63.2 Å². The number of H-pyrrole nitrogens is 4. The third-order valence-corrected chi connectivity index (χ3v) is 11.2. The van der Waals surface area contributed by atoms with Crippen molar-refractivity contribution in [3.05, 3.63) is 112 Å². The van der Waals surface area contributed by atoms with Crippen molar-refractivity contribution in [2.75, 3.05) is 75.9 Å².